The number of rotatable bonds is 2. The van der Waals surface area contributed by atoms with Crippen LogP contribution < -0.4 is 21.4 Å². The van der Waals surface area contributed by atoms with Crippen LogP contribution in [0.4, 0.5) is 0 Å². The summed E-state index contributed by atoms with van der Waals surface area (Å²) in [4.78, 5) is 25.8. The average Bonchev–Trinajstić information content (AvgIpc) is 3.15. The van der Waals surface area contributed by atoms with Gasteiger partial charge in [0.2, 0.25) is 11.6 Å². The predicted molar refractivity (Wildman–Crippen MR) is 111 cm³/mol. The van der Waals surface area contributed by atoms with Gasteiger partial charge in [-0.05, 0) is 36.4 Å². The maximum atomic E-state index is 12.2. The van der Waals surface area contributed by atoms with Crippen molar-refractivity contribution < 1.29 is 7.48 Å². The molecule has 1 aromatic carbocycles. The number of allylic oxidation sites excluding steroid dienone is 1. The average molecular weight is 447 g/mol. The van der Waals surface area contributed by atoms with Gasteiger partial charge in [0.25, 0.3) is 5.56 Å². The molecule has 1 aliphatic heterocycles. The summed E-state index contributed by atoms with van der Waals surface area (Å²) in [7, 11) is 0. The van der Waals surface area contributed by atoms with Crippen molar-refractivity contribution in [3.8, 4) is 17.5 Å². The fourth-order valence-corrected chi connectivity index (χ4v) is 3.77. The summed E-state index contributed by atoms with van der Waals surface area (Å²) in [5, 5.41) is 16.2. The molecular formula is C19H14Cl2N6O3. The van der Waals surface area contributed by atoms with Gasteiger partial charge in [-0.1, -0.05) is 36.7 Å². The van der Waals surface area contributed by atoms with E-state index in [1.54, 1.807) is 0 Å². The second-order valence-corrected chi connectivity index (χ2v) is 7.38. The van der Waals surface area contributed by atoms with Crippen LogP contribution in [0, 0.1) is 17.2 Å². The predicted octanol–water partition coefficient (Wildman–Crippen LogP) is 2.63. The van der Waals surface area contributed by atoms with Crippen molar-refractivity contribution in [3.63, 3.8) is 0 Å². The molecule has 30 heavy (non-hydrogen) atoms. The van der Waals surface area contributed by atoms with Crippen molar-refractivity contribution in [2.45, 2.75) is 19.8 Å². The van der Waals surface area contributed by atoms with E-state index >= 15 is 0 Å². The molecule has 1 unspecified atom stereocenters. The third-order valence-corrected chi connectivity index (χ3v) is 5.26. The van der Waals surface area contributed by atoms with Crippen LogP contribution in [0.5, 0.6) is 5.75 Å². The summed E-state index contributed by atoms with van der Waals surface area (Å²) in [5.41, 5.74) is 2.15. The maximum absolute atomic E-state index is 12.2. The highest BCUT2D eigenvalue weighted by Gasteiger charge is 2.32. The molecule has 0 saturated carbocycles. The summed E-state index contributed by atoms with van der Waals surface area (Å²) in [6, 6.07) is 0.513. The van der Waals surface area contributed by atoms with E-state index in [1.807, 2.05) is 11.9 Å². The second kappa shape index (κ2) is 7.48. The lowest BCUT2D eigenvalue weighted by molar-refractivity contribution is 0.527. The van der Waals surface area contributed by atoms with Gasteiger partial charge in [0.1, 0.15) is 6.07 Å². The molecule has 2 aromatic rings. The Bertz CT molecular complexity index is 1390. The number of nitrogens with one attached hydrogen (secondary N) is 2. The largest absolute Gasteiger partial charge is 0.434 e. The molecule has 0 bridgehead atoms. The molecule has 0 amide bonds. The van der Waals surface area contributed by atoms with Gasteiger partial charge >= 0.3 is 5.69 Å². The van der Waals surface area contributed by atoms with Crippen LogP contribution in [0.2, 0.25) is 10.0 Å². The molecule has 152 valence electrons. The van der Waals surface area contributed by atoms with E-state index in [2.05, 4.69) is 22.2 Å². The first-order valence-electron chi connectivity index (χ1n) is 9.72. The van der Waals surface area contributed by atoms with Crippen LogP contribution in [0.25, 0.3) is 5.69 Å². The normalized spacial score (nSPS) is 18.8. The van der Waals surface area contributed by atoms with Crippen LogP contribution >= 0.6 is 23.2 Å². The van der Waals surface area contributed by atoms with Crippen molar-refractivity contribution in [2.24, 2.45) is 11.0 Å². The molecule has 2 heterocycles. The Labute approximate surface area is 182 Å². The van der Waals surface area contributed by atoms with Crippen molar-refractivity contribution in [3.05, 3.63) is 72.1 Å². The fraction of sp³-hybridized carbons (Fsp3) is 0.211. The van der Waals surface area contributed by atoms with E-state index in [-0.39, 0.29) is 27.6 Å². The van der Waals surface area contributed by atoms with Crippen LogP contribution in [-0.2, 0) is 0 Å². The number of nitriles is 1. The van der Waals surface area contributed by atoms with Gasteiger partial charge in [0, 0.05) is 5.57 Å². The molecule has 2 aliphatic rings. The Morgan fingerprint density at radius 3 is 2.77 bits per heavy atom. The molecule has 1 aromatic heterocycles. The number of aromatic amines is 1. The van der Waals surface area contributed by atoms with Crippen LogP contribution in [0.3, 0.4) is 0 Å². The van der Waals surface area contributed by atoms with Crippen molar-refractivity contribution >= 4 is 29.1 Å². The lowest BCUT2D eigenvalue weighted by Gasteiger charge is -2.21. The SMILES string of the molecule is [2H]c1c(Cl)c(OC2=NNC(=C)C3=C2C(C)CC3)c(Cl)c([2H])c1-n1nc(C#N)c(=O)[nH]c1=O. The smallest absolute Gasteiger partial charge is 0.349 e. The molecule has 0 fully saturated rings. The van der Waals surface area contributed by atoms with E-state index in [1.165, 1.54) is 6.07 Å². The molecule has 11 heteroatoms. The third-order valence-electron chi connectivity index (χ3n) is 4.73. The summed E-state index contributed by atoms with van der Waals surface area (Å²) in [6.07, 6.45) is 1.67. The number of hydrazone groups is 1. The van der Waals surface area contributed by atoms with E-state index in [0.29, 0.717) is 10.4 Å². The number of hydrogen-bond donors (Lipinski definition) is 2. The van der Waals surface area contributed by atoms with Crippen LogP contribution in [0.15, 0.2) is 50.2 Å². The summed E-state index contributed by atoms with van der Waals surface area (Å²) in [6.45, 7) is 5.95. The Morgan fingerprint density at radius 2 is 2.10 bits per heavy atom. The molecule has 2 N–H and O–H groups in total. The van der Waals surface area contributed by atoms with E-state index < -0.39 is 34.7 Å². The lowest BCUT2D eigenvalue weighted by Crippen LogP contribution is -2.33. The van der Waals surface area contributed by atoms with Crippen molar-refractivity contribution in [1.29, 1.82) is 5.26 Å². The Hall–Kier alpha value is -3.35. The highest BCUT2D eigenvalue weighted by Crippen LogP contribution is 2.40. The molecular weight excluding hydrogens is 431 g/mol. The minimum absolute atomic E-state index is 0.138. The molecule has 1 atom stereocenters. The van der Waals surface area contributed by atoms with Crippen LogP contribution in [-0.4, -0.2) is 20.7 Å². The van der Waals surface area contributed by atoms with E-state index in [0.717, 1.165) is 24.0 Å². The second-order valence-electron chi connectivity index (χ2n) is 6.63. The topological polar surface area (TPSA) is 125 Å². The Kier molecular flexibility index (Phi) is 4.36. The Morgan fingerprint density at radius 1 is 1.40 bits per heavy atom. The van der Waals surface area contributed by atoms with Crippen molar-refractivity contribution in [1.82, 2.24) is 20.2 Å². The number of benzene rings is 1. The van der Waals surface area contributed by atoms with Gasteiger partial charge in [0.15, 0.2) is 5.75 Å². The molecule has 0 spiro atoms. The van der Waals surface area contributed by atoms with E-state index in [9.17, 15) is 9.59 Å². The van der Waals surface area contributed by atoms with Gasteiger partial charge in [-0.2, -0.15) is 9.94 Å². The summed E-state index contributed by atoms with van der Waals surface area (Å²) >= 11 is 12.7. The summed E-state index contributed by atoms with van der Waals surface area (Å²) in [5.74, 6) is 0.140. The first-order valence-corrected chi connectivity index (χ1v) is 9.47. The quantitative estimate of drug-likeness (QED) is 0.729. The minimum atomic E-state index is -1.06. The first kappa shape index (κ1) is 17.5. The van der Waals surface area contributed by atoms with Crippen LogP contribution in [0.1, 0.15) is 28.2 Å². The number of aromatic nitrogens is 3. The molecule has 9 nitrogen and oxygen atoms in total. The molecule has 0 radical (unpaired) electrons. The number of nitrogens with zero attached hydrogens (tertiary/aromatic N) is 4. The number of halogens is 2. The lowest BCUT2D eigenvalue weighted by atomic mass is 10.0. The van der Waals surface area contributed by atoms with Crippen molar-refractivity contribution in [2.75, 3.05) is 0 Å². The molecule has 1 aliphatic carbocycles. The molecule has 0 saturated heterocycles. The van der Waals surface area contributed by atoms with Gasteiger partial charge < -0.3 is 4.74 Å². The molecule has 4 rings (SSSR count). The third kappa shape index (κ3) is 3.30. The monoisotopic (exact) mass is 446 g/mol. The zero-order valence-electron chi connectivity index (χ0n) is 17.5. The minimum Gasteiger partial charge on any atom is -0.434 e. The first-order chi connectivity index (χ1) is 15.1. The zero-order valence-corrected chi connectivity index (χ0v) is 17.0. The van der Waals surface area contributed by atoms with Gasteiger partial charge in [-0.25, -0.2) is 4.79 Å². The van der Waals surface area contributed by atoms with Gasteiger partial charge in [0.05, 0.1) is 24.2 Å². The van der Waals surface area contributed by atoms with E-state index in [4.69, 9.17) is 35.9 Å². The number of ether oxygens (including phenoxy) is 1. The van der Waals surface area contributed by atoms with Gasteiger partial charge in [-0.3, -0.25) is 15.2 Å². The standard InChI is InChI=1S/C19H14Cl2N6O3/c1-8-3-4-11-9(2)24-25-18(15(8)11)30-16-12(20)5-10(6-13(16)21)27-19(29)23-17(28)14(7-22)26-27/h5-6,8,24H,2-4H2,1H3,(H,23,28,29)/i5D,6D. The van der Waals surface area contributed by atoms with Gasteiger partial charge in [-0.15, -0.1) is 10.2 Å². The zero-order chi connectivity index (χ0) is 23.3. The highest BCUT2D eigenvalue weighted by atomic mass is 35.5. The maximum Gasteiger partial charge on any atom is 0.349 e. The fourth-order valence-electron chi connectivity index (χ4n) is 3.28. The highest BCUT2D eigenvalue weighted by molar-refractivity contribution is 6.37. The number of hydrogen-bond acceptors (Lipinski definition) is 7. The Balaban J connectivity index is 1.85. The number of H-pyrrole nitrogens is 1. The summed E-state index contributed by atoms with van der Waals surface area (Å²) < 4.78 is 23.1.